The van der Waals surface area contributed by atoms with Crippen molar-refractivity contribution in [3.8, 4) is 6.07 Å². The summed E-state index contributed by atoms with van der Waals surface area (Å²) < 4.78 is 42.5. The van der Waals surface area contributed by atoms with Gasteiger partial charge in [0.25, 0.3) is 5.91 Å². The van der Waals surface area contributed by atoms with E-state index in [0.29, 0.717) is 5.56 Å². The number of carbonyl (C=O) groups is 2. The zero-order valence-electron chi connectivity index (χ0n) is 13.5. The van der Waals surface area contributed by atoms with Crippen molar-refractivity contribution < 1.29 is 27.5 Å². The summed E-state index contributed by atoms with van der Waals surface area (Å²) in [4.78, 5) is 24.0. The van der Waals surface area contributed by atoms with Gasteiger partial charge in [-0.3, -0.25) is 4.79 Å². The second kappa shape index (κ2) is 7.70. The lowest BCUT2D eigenvalue weighted by atomic mass is 10.1. The van der Waals surface area contributed by atoms with E-state index >= 15 is 0 Å². The van der Waals surface area contributed by atoms with E-state index in [9.17, 15) is 22.8 Å². The fourth-order valence-corrected chi connectivity index (χ4v) is 1.95. The number of amides is 1. The fraction of sp³-hybridized carbons (Fsp3) is 0.167. The highest BCUT2D eigenvalue weighted by Gasteiger charge is 2.30. The lowest BCUT2D eigenvalue weighted by Crippen LogP contribution is -2.30. The predicted octanol–water partition coefficient (Wildman–Crippen LogP) is 3.76. The molecule has 1 amide bonds. The molecule has 0 aliphatic heterocycles. The minimum absolute atomic E-state index is 0.143. The Morgan fingerprint density at radius 2 is 1.65 bits per heavy atom. The number of anilines is 1. The van der Waals surface area contributed by atoms with Gasteiger partial charge in [0.2, 0.25) is 0 Å². The molecule has 0 radical (unpaired) electrons. The highest BCUT2D eigenvalue weighted by atomic mass is 19.4. The van der Waals surface area contributed by atoms with Crippen LogP contribution in [0, 0.1) is 11.3 Å². The molecule has 0 heterocycles. The molecule has 1 N–H and O–H groups in total. The van der Waals surface area contributed by atoms with E-state index in [1.54, 1.807) is 0 Å². The van der Waals surface area contributed by atoms with Crippen LogP contribution in [0.2, 0.25) is 0 Å². The SMILES string of the molecule is C[C@H](OC(=O)c1ccc(C#N)cc1)C(=O)Nc1ccc(C(F)(F)F)cc1. The Morgan fingerprint density at radius 3 is 2.15 bits per heavy atom. The average molecular weight is 362 g/mol. The molecule has 2 aromatic rings. The third-order valence-electron chi connectivity index (χ3n) is 3.38. The Labute approximate surface area is 147 Å². The van der Waals surface area contributed by atoms with E-state index < -0.39 is 29.7 Å². The number of hydrogen-bond donors (Lipinski definition) is 1. The maximum Gasteiger partial charge on any atom is 0.416 e. The van der Waals surface area contributed by atoms with Crippen LogP contribution < -0.4 is 5.32 Å². The molecule has 1 atom stereocenters. The average Bonchev–Trinajstić information content (AvgIpc) is 2.61. The Bertz CT molecular complexity index is 838. The molecule has 26 heavy (non-hydrogen) atoms. The number of benzene rings is 2. The number of nitrogens with one attached hydrogen (secondary N) is 1. The largest absolute Gasteiger partial charge is 0.449 e. The highest BCUT2D eigenvalue weighted by molar-refractivity contribution is 5.97. The molecule has 134 valence electrons. The minimum Gasteiger partial charge on any atom is -0.449 e. The number of rotatable bonds is 4. The predicted molar refractivity (Wildman–Crippen MR) is 86.1 cm³/mol. The molecule has 0 saturated carbocycles. The van der Waals surface area contributed by atoms with Gasteiger partial charge in [-0.2, -0.15) is 18.4 Å². The van der Waals surface area contributed by atoms with Gasteiger partial charge in [-0.25, -0.2) is 4.79 Å². The molecule has 0 fully saturated rings. The number of carbonyl (C=O) groups excluding carboxylic acids is 2. The number of hydrogen-bond acceptors (Lipinski definition) is 4. The smallest absolute Gasteiger partial charge is 0.416 e. The normalized spacial score (nSPS) is 12.0. The first-order valence-corrected chi connectivity index (χ1v) is 7.40. The molecular weight excluding hydrogens is 349 g/mol. The molecule has 0 spiro atoms. The molecule has 0 bridgehead atoms. The van der Waals surface area contributed by atoms with Gasteiger partial charge >= 0.3 is 12.1 Å². The summed E-state index contributed by atoms with van der Waals surface area (Å²) in [7, 11) is 0. The molecule has 2 aromatic carbocycles. The van der Waals surface area contributed by atoms with Gasteiger partial charge in [-0.1, -0.05) is 0 Å². The number of nitrogens with zero attached hydrogens (tertiary/aromatic N) is 1. The summed E-state index contributed by atoms with van der Waals surface area (Å²) in [6.07, 6.45) is -5.63. The Morgan fingerprint density at radius 1 is 1.08 bits per heavy atom. The maximum atomic E-state index is 12.5. The molecular formula is C18H13F3N2O3. The lowest BCUT2D eigenvalue weighted by molar-refractivity contribution is -0.137. The van der Waals surface area contributed by atoms with E-state index in [2.05, 4.69) is 5.32 Å². The van der Waals surface area contributed by atoms with Gasteiger partial charge in [0.1, 0.15) is 0 Å². The standard InChI is InChI=1S/C18H13F3N2O3/c1-11(26-17(25)13-4-2-12(10-22)3-5-13)16(24)23-15-8-6-14(7-9-15)18(19,20)21/h2-9,11H,1H3,(H,23,24)/t11-/m0/s1. The van der Waals surface area contributed by atoms with E-state index in [1.807, 2.05) is 6.07 Å². The topological polar surface area (TPSA) is 79.2 Å². The van der Waals surface area contributed by atoms with Crippen LogP contribution in [0.25, 0.3) is 0 Å². The van der Waals surface area contributed by atoms with E-state index in [-0.39, 0.29) is 11.3 Å². The van der Waals surface area contributed by atoms with Gasteiger partial charge < -0.3 is 10.1 Å². The summed E-state index contributed by atoms with van der Waals surface area (Å²) in [6, 6.07) is 11.4. The molecule has 0 aliphatic carbocycles. The lowest BCUT2D eigenvalue weighted by Gasteiger charge is -2.14. The number of nitriles is 1. The van der Waals surface area contributed by atoms with Crippen molar-refractivity contribution >= 4 is 17.6 Å². The summed E-state index contributed by atoms with van der Waals surface area (Å²) in [5.74, 6) is -1.45. The van der Waals surface area contributed by atoms with Gasteiger partial charge in [-0.15, -0.1) is 0 Å². The number of esters is 1. The third kappa shape index (κ3) is 4.83. The summed E-state index contributed by atoms with van der Waals surface area (Å²) in [6.45, 7) is 1.33. The Hall–Kier alpha value is -3.34. The minimum atomic E-state index is -4.47. The molecule has 5 nitrogen and oxygen atoms in total. The van der Waals surface area contributed by atoms with Crippen LogP contribution in [0.4, 0.5) is 18.9 Å². The van der Waals surface area contributed by atoms with Crippen LogP contribution in [0.1, 0.15) is 28.4 Å². The number of alkyl halides is 3. The van der Waals surface area contributed by atoms with Crippen molar-refractivity contribution in [1.29, 1.82) is 5.26 Å². The van der Waals surface area contributed by atoms with Crippen molar-refractivity contribution in [2.75, 3.05) is 5.32 Å². The van der Waals surface area contributed by atoms with Crippen molar-refractivity contribution in [2.45, 2.75) is 19.2 Å². The van der Waals surface area contributed by atoms with Gasteiger partial charge in [-0.05, 0) is 55.5 Å². The van der Waals surface area contributed by atoms with Crippen molar-refractivity contribution in [2.24, 2.45) is 0 Å². The molecule has 0 unspecified atom stereocenters. The summed E-state index contributed by atoms with van der Waals surface area (Å²) in [5, 5.41) is 11.1. The van der Waals surface area contributed by atoms with Gasteiger partial charge in [0, 0.05) is 5.69 Å². The molecule has 0 saturated heterocycles. The second-order valence-corrected chi connectivity index (χ2v) is 5.30. The first-order valence-electron chi connectivity index (χ1n) is 7.40. The molecule has 0 aromatic heterocycles. The number of halogens is 3. The van der Waals surface area contributed by atoms with E-state index in [0.717, 1.165) is 24.3 Å². The quantitative estimate of drug-likeness (QED) is 0.840. The molecule has 0 aliphatic rings. The monoisotopic (exact) mass is 362 g/mol. The van der Waals surface area contributed by atoms with Crippen molar-refractivity contribution in [1.82, 2.24) is 0 Å². The van der Waals surface area contributed by atoms with E-state index in [4.69, 9.17) is 10.00 Å². The first kappa shape index (κ1) is 19.0. The zero-order valence-corrected chi connectivity index (χ0v) is 13.5. The maximum absolute atomic E-state index is 12.5. The van der Waals surface area contributed by atoms with Crippen molar-refractivity contribution in [3.63, 3.8) is 0 Å². The summed E-state index contributed by atoms with van der Waals surface area (Å²) >= 11 is 0. The van der Waals surface area contributed by atoms with Gasteiger partial charge in [0.15, 0.2) is 6.10 Å². The van der Waals surface area contributed by atoms with Crippen LogP contribution in [0.5, 0.6) is 0 Å². The second-order valence-electron chi connectivity index (χ2n) is 5.30. The highest BCUT2D eigenvalue weighted by Crippen LogP contribution is 2.29. The van der Waals surface area contributed by atoms with Crippen LogP contribution in [0.3, 0.4) is 0 Å². The Kier molecular flexibility index (Phi) is 5.62. The third-order valence-corrected chi connectivity index (χ3v) is 3.38. The van der Waals surface area contributed by atoms with Crippen LogP contribution in [0.15, 0.2) is 48.5 Å². The zero-order chi connectivity index (χ0) is 19.3. The van der Waals surface area contributed by atoms with Gasteiger partial charge in [0.05, 0.1) is 22.8 Å². The van der Waals surface area contributed by atoms with Crippen LogP contribution in [-0.2, 0) is 15.7 Å². The number of ether oxygens (including phenoxy) is 1. The molecule has 8 heteroatoms. The fourth-order valence-electron chi connectivity index (χ4n) is 1.95. The Balaban J connectivity index is 1.96. The van der Waals surface area contributed by atoms with E-state index in [1.165, 1.54) is 31.2 Å². The van der Waals surface area contributed by atoms with Crippen LogP contribution in [-0.4, -0.2) is 18.0 Å². The molecule has 2 rings (SSSR count). The van der Waals surface area contributed by atoms with Crippen LogP contribution >= 0.6 is 0 Å². The summed E-state index contributed by atoms with van der Waals surface area (Å²) in [5.41, 5.74) is -0.159. The van der Waals surface area contributed by atoms with Crippen molar-refractivity contribution in [3.05, 3.63) is 65.2 Å². The first-order chi connectivity index (χ1) is 12.2.